The fraction of sp³-hybridized carbons (Fsp3) is 0.381. The average molecular weight is 403 g/mol. The summed E-state index contributed by atoms with van der Waals surface area (Å²) in [5.74, 6) is 0.114. The van der Waals surface area contributed by atoms with Gasteiger partial charge in [0.1, 0.15) is 5.75 Å². The fourth-order valence-corrected chi connectivity index (χ4v) is 4.91. The smallest absolute Gasteiger partial charge is 0.256 e. The molecule has 0 atom stereocenters. The van der Waals surface area contributed by atoms with Crippen molar-refractivity contribution in [3.05, 3.63) is 53.1 Å². The molecule has 6 nitrogen and oxygen atoms in total. The largest absolute Gasteiger partial charge is 0.495 e. The molecule has 3 rings (SSSR count). The van der Waals surface area contributed by atoms with E-state index in [1.165, 1.54) is 23.5 Å². The Labute approximate surface area is 166 Å². The summed E-state index contributed by atoms with van der Waals surface area (Å²) in [7, 11) is -2.11. The third kappa shape index (κ3) is 4.20. The molecule has 0 spiro atoms. The normalized spacial score (nSPS) is 15.2. The number of hydrogen-bond acceptors (Lipinski definition) is 4. The van der Waals surface area contributed by atoms with Gasteiger partial charge < -0.3 is 10.1 Å². The zero-order valence-corrected chi connectivity index (χ0v) is 17.3. The van der Waals surface area contributed by atoms with Crippen molar-refractivity contribution in [3.8, 4) is 5.75 Å². The number of piperidine rings is 1. The molecular weight excluding hydrogens is 376 g/mol. The molecule has 150 valence electrons. The number of carbonyl (C=O) groups is 1. The van der Waals surface area contributed by atoms with Crippen LogP contribution in [-0.4, -0.2) is 38.8 Å². The molecule has 1 heterocycles. The lowest BCUT2D eigenvalue weighted by molar-refractivity contribution is 0.102. The molecule has 1 aliphatic heterocycles. The lowest BCUT2D eigenvalue weighted by Gasteiger charge is -2.26. The van der Waals surface area contributed by atoms with Crippen molar-refractivity contribution in [2.75, 3.05) is 25.5 Å². The van der Waals surface area contributed by atoms with Crippen LogP contribution < -0.4 is 10.1 Å². The number of benzene rings is 2. The van der Waals surface area contributed by atoms with Gasteiger partial charge in [-0.05, 0) is 56.5 Å². The molecule has 0 aliphatic carbocycles. The molecule has 1 aliphatic rings. The number of methoxy groups -OCH3 is 1. The highest BCUT2D eigenvalue weighted by atomic mass is 32.2. The quantitative estimate of drug-likeness (QED) is 0.827. The van der Waals surface area contributed by atoms with Crippen molar-refractivity contribution in [1.29, 1.82) is 0 Å². The van der Waals surface area contributed by atoms with E-state index in [1.807, 2.05) is 32.0 Å². The Morgan fingerprint density at radius 3 is 2.43 bits per heavy atom. The summed E-state index contributed by atoms with van der Waals surface area (Å²) in [6, 6.07) is 10.2. The zero-order valence-electron chi connectivity index (χ0n) is 16.5. The Balaban J connectivity index is 1.93. The second-order valence-corrected chi connectivity index (χ2v) is 9.04. The minimum atomic E-state index is -3.60. The summed E-state index contributed by atoms with van der Waals surface area (Å²) in [4.78, 5) is 13.0. The van der Waals surface area contributed by atoms with Crippen molar-refractivity contribution < 1.29 is 17.9 Å². The Morgan fingerprint density at radius 2 is 1.75 bits per heavy atom. The molecule has 2 aromatic rings. The maximum Gasteiger partial charge on any atom is 0.256 e. The SMILES string of the molecule is COc1ccc(S(=O)(=O)N2CCCCC2)cc1NC(=O)c1cc(C)ccc1C. The van der Waals surface area contributed by atoms with E-state index in [-0.39, 0.29) is 10.8 Å². The summed E-state index contributed by atoms with van der Waals surface area (Å²) in [6.45, 7) is 4.84. The number of sulfonamides is 1. The monoisotopic (exact) mass is 402 g/mol. The summed E-state index contributed by atoms with van der Waals surface area (Å²) >= 11 is 0. The number of nitrogens with one attached hydrogen (secondary N) is 1. The van der Waals surface area contributed by atoms with E-state index in [2.05, 4.69) is 5.32 Å². The van der Waals surface area contributed by atoms with Crippen molar-refractivity contribution in [1.82, 2.24) is 4.31 Å². The van der Waals surface area contributed by atoms with Crippen molar-refractivity contribution in [3.63, 3.8) is 0 Å². The Bertz CT molecular complexity index is 980. The van der Waals surface area contributed by atoms with Crippen LogP contribution >= 0.6 is 0 Å². The van der Waals surface area contributed by atoms with Gasteiger partial charge in [-0.25, -0.2) is 8.42 Å². The topological polar surface area (TPSA) is 75.7 Å². The number of aryl methyl sites for hydroxylation is 2. The highest BCUT2D eigenvalue weighted by Gasteiger charge is 2.27. The van der Waals surface area contributed by atoms with Crippen molar-refractivity contribution in [2.24, 2.45) is 0 Å². The molecule has 0 unspecified atom stereocenters. The lowest BCUT2D eigenvalue weighted by atomic mass is 10.0. The number of anilines is 1. The third-order valence-corrected chi connectivity index (χ3v) is 6.90. The number of ether oxygens (including phenoxy) is 1. The molecule has 0 aromatic heterocycles. The Hall–Kier alpha value is -2.38. The van der Waals surface area contributed by atoms with Gasteiger partial charge in [0.25, 0.3) is 5.91 Å². The van der Waals surface area contributed by atoms with Crippen LogP contribution in [0.5, 0.6) is 5.75 Å². The first-order valence-corrected chi connectivity index (χ1v) is 10.8. The predicted octanol–water partition coefficient (Wildman–Crippen LogP) is 3.74. The van der Waals surface area contributed by atoms with E-state index in [0.717, 1.165) is 30.4 Å². The molecule has 0 radical (unpaired) electrons. The van der Waals surface area contributed by atoms with Crippen molar-refractivity contribution in [2.45, 2.75) is 38.0 Å². The van der Waals surface area contributed by atoms with Crippen LogP contribution in [0.25, 0.3) is 0 Å². The summed E-state index contributed by atoms with van der Waals surface area (Å²) in [5.41, 5.74) is 2.71. The Morgan fingerprint density at radius 1 is 1.04 bits per heavy atom. The molecule has 2 aromatic carbocycles. The summed E-state index contributed by atoms with van der Waals surface area (Å²) in [6.07, 6.45) is 2.78. The first-order valence-electron chi connectivity index (χ1n) is 9.40. The van der Waals surface area contributed by atoms with Gasteiger partial charge in [0.2, 0.25) is 10.0 Å². The lowest BCUT2D eigenvalue weighted by Crippen LogP contribution is -2.35. The number of rotatable bonds is 5. The van der Waals surface area contributed by atoms with E-state index in [0.29, 0.717) is 30.1 Å². The standard InChI is InChI=1S/C21H26N2O4S/c1-15-7-8-16(2)18(13-15)21(24)22-19-14-17(9-10-20(19)27-3)28(25,26)23-11-5-4-6-12-23/h7-10,13-14H,4-6,11-12H2,1-3H3,(H,22,24). The van der Waals surface area contributed by atoms with Crippen LogP contribution in [0.2, 0.25) is 0 Å². The molecule has 1 amide bonds. The van der Waals surface area contributed by atoms with Gasteiger partial charge in [-0.15, -0.1) is 0 Å². The minimum absolute atomic E-state index is 0.159. The molecule has 1 saturated heterocycles. The number of hydrogen-bond donors (Lipinski definition) is 1. The minimum Gasteiger partial charge on any atom is -0.495 e. The molecule has 7 heteroatoms. The number of amides is 1. The van der Waals surface area contributed by atoms with Crippen molar-refractivity contribution >= 4 is 21.6 Å². The highest BCUT2D eigenvalue weighted by Crippen LogP contribution is 2.30. The van der Waals surface area contributed by atoms with Gasteiger partial charge in [0, 0.05) is 18.7 Å². The van der Waals surface area contributed by atoms with Crippen LogP contribution in [0, 0.1) is 13.8 Å². The van der Waals surface area contributed by atoms with E-state index < -0.39 is 10.0 Å². The first kappa shape index (κ1) is 20.4. The zero-order chi connectivity index (χ0) is 20.3. The van der Waals surface area contributed by atoms with E-state index >= 15 is 0 Å². The molecule has 1 N–H and O–H groups in total. The van der Waals surface area contributed by atoms with Crippen LogP contribution in [0.15, 0.2) is 41.3 Å². The van der Waals surface area contributed by atoms with Gasteiger partial charge in [0.15, 0.2) is 0 Å². The predicted molar refractivity (Wildman–Crippen MR) is 109 cm³/mol. The molecule has 0 bridgehead atoms. The third-order valence-electron chi connectivity index (χ3n) is 5.01. The van der Waals surface area contributed by atoms with Crippen LogP contribution in [-0.2, 0) is 10.0 Å². The first-order chi connectivity index (χ1) is 13.3. The van der Waals surface area contributed by atoms with Crippen LogP contribution in [0.1, 0.15) is 40.7 Å². The van der Waals surface area contributed by atoms with Gasteiger partial charge >= 0.3 is 0 Å². The second kappa shape index (κ2) is 8.32. The molecule has 28 heavy (non-hydrogen) atoms. The maximum atomic E-state index is 13.0. The molecule has 0 saturated carbocycles. The fourth-order valence-electron chi connectivity index (χ4n) is 3.37. The van der Waals surface area contributed by atoms with Gasteiger partial charge in [-0.3, -0.25) is 4.79 Å². The molecule has 1 fully saturated rings. The van der Waals surface area contributed by atoms with Gasteiger partial charge in [-0.2, -0.15) is 4.31 Å². The summed E-state index contributed by atoms with van der Waals surface area (Å²) in [5, 5.41) is 2.81. The number of carbonyl (C=O) groups excluding carboxylic acids is 1. The second-order valence-electron chi connectivity index (χ2n) is 7.10. The molecular formula is C21H26N2O4S. The highest BCUT2D eigenvalue weighted by molar-refractivity contribution is 7.89. The van der Waals surface area contributed by atoms with E-state index in [4.69, 9.17) is 4.74 Å². The van der Waals surface area contributed by atoms with Gasteiger partial charge in [0.05, 0.1) is 17.7 Å². The van der Waals surface area contributed by atoms with Crippen LogP contribution in [0.3, 0.4) is 0 Å². The van der Waals surface area contributed by atoms with Gasteiger partial charge in [-0.1, -0.05) is 24.1 Å². The average Bonchev–Trinajstić information content (AvgIpc) is 2.70. The van der Waals surface area contributed by atoms with E-state index in [9.17, 15) is 13.2 Å². The summed E-state index contributed by atoms with van der Waals surface area (Å²) < 4.78 is 32.8. The van der Waals surface area contributed by atoms with E-state index in [1.54, 1.807) is 6.07 Å². The van der Waals surface area contributed by atoms with Crippen LogP contribution in [0.4, 0.5) is 5.69 Å². The Kier molecular flexibility index (Phi) is 6.05. The maximum absolute atomic E-state index is 13.0. The number of nitrogens with zero attached hydrogens (tertiary/aromatic N) is 1.